The van der Waals surface area contributed by atoms with E-state index in [1.807, 2.05) is 48.5 Å². The van der Waals surface area contributed by atoms with E-state index in [2.05, 4.69) is 5.16 Å². The van der Waals surface area contributed by atoms with E-state index in [1.165, 1.54) is 6.92 Å². The Labute approximate surface area is 182 Å². The van der Waals surface area contributed by atoms with E-state index in [4.69, 9.17) is 19.0 Å². The number of hydrogen-bond acceptors (Lipinski definition) is 6. The van der Waals surface area contributed by atoms with Crippen molar-refractivity contribution in [2.75, 3.05) is 14.2 Å². The van der Waals surface area contributed by atoms with E-state index in [9.17, 15) is 4.79 Å². The van der Waals surface area contributed by atoms with Crippen LogP contribution in [0.1, 0.15) is 34.0 Å². The van der Waals surface area contributed by atoms with E-state index in [1.54, 1.807) is 38.6 Å². The summed E-state index contributed by atoms with van der Waals surface area (Å²) < 4.78 is 16.6. The maximum Gasteiger partial charge on any atom is 0.162 e. The number of carbonyl (C=O) groups excluding carboxylic acids is 1. The van der Waals surface area contributed by atoms with Crippen LogP contribution in [0.25, 0.3) is 0 Å². The lowest BCUT2D eigenvalue weighted by molar-refractivity contribution is 0.101. The highest BCUT2D eigenvalue weighted by molar-refractivity contribution is 5.94. The number of ketones is 1. The minimum absolute atomic E-state index is 0.0198. The van der Waals surface area contributed by atoms with E-state index in [0.717, 1.165) is 16.7 Å². The summed E-state index contributed by atoms with van der Waals surface area (Å²) in [5.41, 5.74) is 3.20. The summed E-state index contributed by atoms with van der Waals surface area (Å²) >= 11 is 0. The van der Waals surface area contributed by atoms with Crippen molar-refractivity contribution in [3.8, 4) is 17.2 Å². The van der Waals surface area contributed by atoms with Crippen molar-refractivity contribution < 1.29 is 23.8 Å². The third kappa shape index (κ3) is 6.09. The quantitative estimate of drug-likeness (QED) is 0.262. The lowest BCUT2D eigenvalue weighted by Gasteiger charge is -2.11. The Balaban J connectivity index is 1.66. The van der Waals surface area contributed by atoms with Gasteiger partial charge in [-0.2, -0.15) is 0 Å². The Morgan fingerprint density at radius 1 is 0.871 bits per heavy atom. The van der Waals surface area contributed by atoms with Gasteiger partial charge in [-0.3, -0.25) is 4.79 Å². The maximum atomic E-state index is 11.6. The van der Waals surface area contributed by atoms with Crippen LogP contribution in [0.15, 0.2) is 71.9 Å². The summed E-state index contributed by atoms with van der Waals surface area (Å²) in [5, 5.41) is 4.04. The van der Waals surface area contributed by atoms with E-state index in [-0.39, 0.29) is 12.4 Å². The second-order valence-electron chi connectivity index (χ2n) is 6.78. The third-order valence-corrected chi connectivity index (χ3v) is 4.61. The smallest absolute Gasteiger partial charge is 0.162 e. The molecule has 31 heavy (non-hydrogen) atoms. The van der Waals surface area contributed by atoms with Gasteiger partial charge in [0.05, 0.1) is 20.4 Å². The van der Waals surface area contributed by atoms with E-state index < -0.39 is 0 Å². The van der Waals surface area contributed by atoms with Crippen LogP contribution in [0.3, 0.4) is 0 Å². The molecule has 0 spiro atoms. The van der Waals surface area contributed by atoms with Crippen molar-refractivity contribution in [1.29, 1.82) is 0 Å². The van der Waals surface area contributed by atoms with Gasteiger partial charge in [0.15, 0.2) is 17.3 Å². The molecule has 6 nitrogen and oxygen atoms in total. The van der Waals surface area contributed by atoms with Crippen LogP contribution in [0.2, 0.25) is 0 Å². The van der Waals surface area contributed by atoms with Crippen molar-refractivity contribution in [3.05, 3.63) is 89.0 Å². The molecule has 0 fully saturated rings. The number of rotatable bonds is 10. The molecule has 3 aromatic carbocycles. The average molecular weight is 419 g/mol. The van der Waals surface area contributed by atoms with Gasteiger partial charge in [-0.15, -0.1) is 0 Å². The second kappa shape index (κ2) is 10.8. The van der Waals surface area contributed by atoms with Gasteiger partial charge in [0.25, 0.3) is 0 Å². The zero-order valence-corrected chi connectivity index (χ0v) is 17.8. The molecular formula is C25H25NO5. The van der Waals surface area contributed by atoms with Gasteiger partial charge in [0.1, 0.15) is 19.0 Å². The van der Waals surface area contributed by atoms with Crippen LogP contribution in [0, 0.1) is 0 Å². The number of hydrogen-bond donors (Lipinski definition) is 0. The predicted molar refractivity (Wildman–Crippen MR) is 119 cm³/mol. The lowest BCUT2D eigenvalue weighted by Crippen LogP contribution is -1.99. The van der Waals surface area contributed by atoms with Crippen LogP contribution in [-0.2, 0) is 18.1 Å². The number of carbonyl (C=O) groups is 1. The summed E-state index contributed by atoms with van der Waals surface area (Å²) in [5.74, 6) is 1.88. The van der Waals surface area contributed by atoms with Crippen LogP contribution in [0.4, 0.5) is 0 Å². The zero-order chi connectivity index (χ0) is 22.1. The van der Waals surface area contributed by atoms with Crippen LogP contribution >= 0.6 is 0 Å². The van der Waals surface area contributed by atoms with Crippen molar-refractivity contribution in [2.24, 2.45) is 5.16 Å². The molecule has 0 aliphatic heterocycles. The Morgan fingerprint density at radius 3 is 2.32 bits per heavy atom. The molecule has 0 unspecified atom stereocenters. The highest BCUT2D eigenvalue weighted by Crippen LogP contribution is 2.28. The largest absolute Gasteiger partial charge is 0.496 e. The molecule has 0 radical (unpaired) electrons. The van der Waals surface area contributed by atoms with Gasteiger partial charge >= 0.3 is 0 Å². The summed E-state index contributed by atoms with van der Waals surface area (Å²) in [6.07, 6.45) is 1.59. The number of nitrogens with zero attached hydrogens (tertiary/aromatic N) is 1. The zero-order valence-electron chi connectivity index (χ0n) is 17.8. The molecule has 0 bridgehead atoms. The van der Waals surface area contributed by atoms with Crippen molar-refractivity contribution in [3.63, 3.8) is 0 Å². The first kappa shape index (κ1) is 21.9. The van der Waals surface area contributed by atoms with Crippen LogP contribution in [0.5, 0.6) is 17.2 Å². The van der Waals surface area contributed by atoms with Gasteiger partial charge < -0.3 is 19.0 Å². The molecule has 160 valence electrons. The normalized spacial score (nSPS) is 10.7. The van der Waals surface area contributed by atoms with Gasteiger partial charge in [0, 0.05) is 16.7 Å². The predicted octanol–water partition coefficient (Wildman–Crippen LogP) is 5.04. The monoisotopic (exact) mass is 419 g/mol. The minimum Gasteiger partial charge on any atom is -0.496 e. The van der Waals surface area contributed by atoms with Gasteiger partial charge in [-0.1, -0.05) is 35.5 Å². The molecule has 0 saturated heterocycles. The first-order valence-corrected chi connectivity index (χ1v) is 9.78. The Morgan fingerprint density at radius 2 is 1.61 bits per heavy atom. The number of methoxy groups -OCH3 is 2. The summed E-state index contributed by atoms with van der Waals surface area (Å²) in [4.78, 5) is 17.0. The average Bonchev–Trinajstić information content (AvgIpc) is 2.81. The van der Waals surface area contributed by atoms with Gasteiger partial charge in [-0.05, 0) is 48.9 Å². The molecule has 0 aliphatic rings. The Kier molecular flexibility index (Phi) is 7.65. The topological polar surface area (TPSA) is 66.4 Å². The van der Waals surface area contributed by atoms with Crippen LogP contribution < -0.4 is 14.2 Å². The first-order chi connectivity index (χ1) is 15.1. The van der Waals surface area contributed by atoms with Crippen molar-refractivity contribution in [2.45, 2.75) is 20.1 Å². The van der Waals surface area contributed by atoms with Gasteiger partial charge in [-0.25, -0.2) is 0 Å². The third-order valence-electron chi connectivity index (χ3n) is 4.61. The summed E-state index contributed by atoms with van der Waals surface area (Å²) in [7, 11) is 3.17. The molecule has 0 aliphatic carbocycles. The number of oxime groups is 1. The highest BCUT2D eigenvalue weighted by atomic mass is 16.6. The maximum absolute atomic E-state index is 11.6. The van der Waals surface area contributed by atoms with E-state index in [0.29, 0.717) is 29.4 Å². The van der Waals surface area contributed by atoms with Crippen LogP contribution in [-0.4, -0.2) is 26.2 Å². The molecule has 0 amide bonds. The number of Topliss-reactive ketones (excluding diaryl/α,β-unsaturated/α-hetero) is 1. The molecule has 0 aromatic heterocycles. The minimum atomic E-state index is -0.0198. The molecule has 0 saturated carbocycles. The fraction of sp³-hybridized carbons (Fsp3) is 0.200. The number of ether oxygens (including phenoxy) is 3. The van der Waals surface area contributed by atoms with E-state index >= 15 is 0 Å². The molecule has 0 N–H and O–H groups in total. The number of benzene rings is 3. The fourth-order valence-electron chi connectivity index (χ4n) is 2.94. The SMILES string of the molecule is COc1ccc(C(C)=O)cc1CO/N=C/c1ccc(OC)c(OCc2ccccc2)c1. The summed E-state index contributed by atoms with van der Waals surface area (Å²) in [6, 6.07) is 20.6. The van der Waals surface area contributed by atoms with Crippen molar-refractivity contribution >= 4 is 12.0 Å². The fourth-order valence-corrected chi connectivity index (χ4v) is 2.94. The first-order valence-electron chi connectivity index (χ1n) is 9.78. The lowest BCUT2D eigenvalue weighted by atomic mass is 10.1. The molecule has 3 aromatic rings. The Hall–Kier alpha value is -3.80. The molecule has 3 rings (SSSR count). The Bertz CT molecular complexity index is 1050. The molecule has 0 atom stereocenters. The van der Waals surface area contributed by atoms with Crippen molar-refractivity contribution in [1.82, 2.24) is 0 Å². The molecule has 0 heterocycles. The molecule has 6 heteroatoms. The molecular weight excluding hydrogens is 394 g/mol. The second-order valence-corrected chi connectivity index (χ2v) is 6.78. The summed E-state index contributed by atoms with van der Waals surface area (Å²) in [6.45, 7) is 2.13. The standard InChI is InChI=1S/C25H25NO5/c1-18(27)21-10-12-23(28-2)22(14-21)17-31-26-15-20-9-11-24(29-3)25(13-20)30-16-19-7-5-4-6-8-19/h4-15H,16-17H2,1-3H3/b26-15+. The highest BCUT2D eigenvalue weighted by Gasteiger charge is 2.08. The van der Waals surface area contributed by atoms with Gasteiger partial charge in [0.2, 0.25) is 0 Å².